The van der Waals surface area contributed by atoms with Gasteiger partial charge in [-0.05, 0) is 50.1 Å². The number of aromatic nitrogens is 3. The fourth-order valence-corrected chi connectivity index (χ4v) is 3.06. The number of nitriles is 1. The first-order chi connectivity index (χ1) is 11.2. The van der Waals surface area contributed by atoms with Crippen molar-refractivity contribution >= 4 is 16.8 Å². The smallest absolute Gasteiger partial charge is 0.164 e. The standard InChI is InChI=1S/C18H14N4O/c1-11-14-9-15-16(3-2-4-17(15)23)20-18(14)22(21-11)13-7-5-12(10-19)6-8-13/h5-9H,2-4H2,1H3. The van der Waals surface area contributed by atoms with Crippen LogP contribution in [-0.4, -0.2) is 20.5 Å². The van der Waals surface area contributed by atoms with Crippen LogP contribution in [0.25, 0.3) is 16.7 Å². The van der Waals surface area contributed by atoms with Gasteiger partial charge in [0.15, 0.2) is 11.4 Å². The lowest BCUT2D eigenvalue weighted by molar-refractivity contribution is 0.0972. The maximum atomic E-state index is 12.1. The van der Waals surface area contributed by atoms with E-state index in [2.05, 4.69) is 11.2 Å². The number of Topliss-reactive ketones (excluding diaryl/α,β-unsaturated/α-hetero) is 1. The lowest BCUT2D eigenvalue weighted by Gasteiger charge is -2.13. The van der Waals surface area contributed by atoms with Gasteiger partial charge >= 0.3 is 0 Å². The van der Waals surface area contributed by atoms with Gasteiger partial charge in [0.25, 0.3) is 0 Å². The minimum Gasteiger partial charge on any atom is -0.294 e. The van der Waals surface area contributed by atoms with Crippen LogP contribution in [0, 0.1) is 18.3 Å². The first-order valence-corrected chi connectivity index (χ1v) is 7.60. The minimum absolute atomic E-state index is 0.172. The van der Waals surface area contributed by atoms with Gasteiger partial charge in [0.1, 0.15) is 0 Å². The Morgan fingerprint density at radius 2 is 2.00 bits per heavy atom. The maximum absolute atomic E-state index is 12.1. The zero-order valence-corrected chi connectivity index (χ0v) is 12.7. The van der Waals surface area contributed by atoms with Crippen LogP contribution in [0.15, 0.2) is 30.3 Å². The molecular formula is C18H14N4O. The number of hydrogen-bond donors (Lipinski definition) is 0. The number of hydrogen-bond acceptors (Lipinski definition) is 4. The van der Waals surface area contributed by atoms with Crippen molar-refractivity contribution in [2.24, 2.45) is 0 Å². The Morgan fingerprint density at radius 1 is 1.22 bits per heavy atom. The Bertz CT molecular complexity index is 977. The molecule has 1 aliphatic rings. The van der Waals surface area contributed by atoms with Crippen LogP contribution in [0.3, 0.4) is 0 Å². The molecule has 0 radical (unpaired) electrons. The second kappa shape index (κ2) is 5.03. The molecule has 0 unspecified atom stereocenters. The first kappa shape index (κ1) is 13.6. The molecule has 0 N–H and O–H groups in total. The normalized spacial score (nSPS) is 13.8. The minimum atomic E-state index is 0.172. The van der Waals surface area contributed by atoms with Crippen molar-refractivity contribution in [1.29, 1.82) is 5.26 Å². The van der Waals surface area contributed by atoms with Crippen LogP contribution in [0.2, 0.25) is 0 Å². The van der Waals surface area contributed by atoms with Crippen LogP contribution in [-0.2, 0) is 6.42 Å². The molecule has 23 heavy (non-hydrogen) atoms. The third-order valence-corrected chi connectivity index (χ3v) is 4.28. The third kappa shape index (κ3) is 2.11. The summed E-state index contributed by atoms with van der Waals surface area (Å²) in [7, 11) is 0. The number of carbonyl (C=O) groups is 1. The largest absolute Gasteiger partial charge is 0.294 e. The fraction of sp³-hybridized carbons (Fsp3) is 0.222. The summed E-state index contributed by atoms with van der Waals surface area (Å²) >= 11 is 0. The van der Waals surface area contributed by atoms with E-state index in [0.29, 0.717) is 12.0 Å². The molecule has 5 heteroatoms. The summed E-state index contributed by atoms with van der Waals surface area (Å²) in [5.74, 6) is 0.172. The fourth-order valence-electron chi connectivity index (χ4n) is 3.06. The van der Waals surface area contributed by atoms with Crippen molar-refractivity contribution in [2.75, 3.05) is 0 Å². The summed E-state index contributed by atoms with van der Waals surface area (Å²) in [6, 6.07) is 11.3. The molecule has 3 aromatic rings. The van der Waals surface area contributed by atoms with E-state index in [9.17, 15) is 4.79 Å². The van der Waals surface area contributed by atoms with Crippen LogP contribution in [0.1, 0.15) is 40.2 Å². The molecule has 4 rings (SSSR count). The van der Waals surface area contributed by atoms with Gasteiger partial charge in [-0.3, -0.25) is 4.79 Å². The Kier molecular flexibility index (Phi) is 2.98. The van der Waals surface area contributed by atoms with E-state index in [0.717, 1.165) is 46.5 Å². The summed E-state index contributed by atoms with van der Waals surface area (Å²) in [5, 5.41) is 14.4. The van der Waals surface area contributed by atoms with Crippen molar-refractivity contribution in [1.82, 2.24) is 14.8 Å². The number of pyridine rings is 1. The average molecular weight is 302 g/mol. The van der Waals surface area contributed by atoms with E-state index in [-0.39, 0.29) is 5.78 Å². The molecule has 0 fully saturated rings. The van der Waals surface area contributed by atoms with Crippen molar-refractivity contribution in [3.8, 4) is 11.8 Å². The van der Waals surface area contributed by atoms with Crippen molar-refractivity contribution < 1.29 is 4.79 Å². The maximum Gasteiger partial charge on any atom is 0.164 e. The van der Waals surface area contributed by atoms with Crippen LogP contribution in [0.5, 0.6) is 0 Å². The van der Waals surface area contributed by atoms with Crippen molar-refractivity contribution in [3.63, 3.8) is 0 Å². The summed E-state index contributed by atoms with van der Waals surface area (Å²) in [6.45, 7) is 1.92. The SMILES string of the molecule is Cc1nn(-c2ccc(C#N)cc2)c2nc3c(cc12)C(=O)CCC3. The quantitative estimate of drug-likeness (QED) is 0.692. The third-order valence-electron chi connectivity index (χ3n) is 4.28. The molecule has 112 valence electrons. The van der Waals surface area contributed by atoms with E-state index < -0.39 is 0 Å². The topological polar surface area (TPSA) is 71.6 Å². The highest BCUT2D eigenvalue weighted by Gasteiger charge is 2.22. The predicted octanol–water partition coefficient (Wildman–Crippen LogP) is 3.12. The summed E-state index contributed by atoms with van der Waals surface area (Å²) in [5.41, 5.74) is 4.68. The molecule has 0 bridgehead atoms. The molecule has 0 spiro atoms. The number of nitrogens with zero attached hydrogens (tertiary/aromatic N) is 4. The van der Waals surface area contributed by atoms with Gasteiger partial charge in [-0.1, -0.05) is 0 Å². The lowest BCUT2D eigenvalue weighted by Crippen LogP contribution is -2.13. The lowest BCUT2D eigenvalue weighted by atomic mass is 9.94. The monoisotopic (exact) mass is 302 g/mol. The highest BCUT2D eigenvalue weighted by Crippen LogP contribution is 2.27. The Hall–Kier alpha value is -3.00. The predicted molar refractivity (Wildman–Crippen MR) is 85.6 cm³/mol. The van der Waals surface area contributed by atoms with Crippen LogP contribution in [0.4, 0.5) is 0 Å². The number of rotatable bonds is 1. The summed E-state index contributed by atoms with van der Waals surface area (Å²) in [6.07, 6.45) is 2.28. The number of aryl methyl sites for hydroxylation is 2. The number of fused-ring (bicyclic) bond motifs is 2. The van der Waals surface area contributed by atoms with Crippen LogP contribution < -0.4 is 0 Å². The van der Waals surface area contributed by atoms with Crippen LogP contribution >= 0.6 is 0 Å². The molecule has 1 aliphatic carbocycles. The van der Waals surface area contributed by atoms with Gasteiger partial charge in [0.2, 0.25) is 0 Å². The number of benzene rings is 1. The van der Waals surface area contributed by atoms with Gasteiger partial charge in [-0.25, -0.2) is 9.67 Å². The Morgan fingerprint density at radius 3 is 2.74 bits per heavy atom. The Balaban J connectivity index is 1.94. The highest BCUT2D eigenvalue weighted by atomic mass is 16.1. The van der Waals surface area contributed by atoms with E-state index in [1.165, 1.54) is 0 Å². The zero-order chi connectivity index (χ0) is 16.0. The molecule has 1 aromatic carbocycles. The molecule has 0 aliphatic heterocycles. The second-order valence-corrected chi connectivity index (χ2v) is 5.79. The van der Waals surface area contributed by atoms with Gasteiger partial charge in [0, 0.05) is 17.4 Å². The molecule has 0 saturated carbocycles. The summed E-state index contributed by atoms with van der Waals surface area (Å²) < 4.78 is 1.78. The van der Waals surface area contributed by atoms with Gasteiger partial charge < -0.3 is 0 Å². The summed E-state index contributed by atoms with van der Waals surface area (Å²) in [4.78, 5) is 16.8. The van der Waals surface area contributed by atoms with E-state index in [1.54, 1.807) is 16.8 Å². The molecule has 2 aromatic heterocycles. The van der Waals surface area contributed by atoms with Crippen molar-refractivity contribution in [2.45, 2.75) is 26.2 Å². The van der Waals surface area contributed by atoms with E-state index in [1.807, 2.05) is 25.1 Å². The molecule has 0 saturated heterocycles. The van der Waals surface area contributed by atoms with Gasteiger partial charge in [-0.2, -0.15) is 10.4 Å². The highest BCUT2D eigenvalue weighted by molar-refractivity contribution is 6.01. The molecule has 2 heterocycles. The van der Waals surface area contributed by atoms with Gasteiger partial charge in [-0.15, -0.1) is 0 Å². The number of ketones is 1. The number of carbonyl (C=O) groups excluding carboxylic acids is 1. The van der Waals surface area contributed by atoms with Gasteiger partial charge in [0.05, 0.1) is 28.7 Å². The average Bonchev–Trinajstić information content (AvgIpc) is 2.90. The van der Waals surface area contributed by atoms with Crippen molar-refractivity contribution in [3.05, 3.63) is 52.8 Å². The molecule has 0 atom stereocenters. The molecular weight excluding hydrogens is 288 g/mol. The first-order valence-electron chi connectivity index (χ1n) is 7.60. The van der Waals surface area contributed by atoms with E-state index in [4.69, 9.17) is 10.2 Å². The zero-order valence-electron chi connectivity index (χ0n) is 12.7. The Labute approximate surface area is 133 Å². The van der Waals surface area contributed by atoms with E-state index >= 15 is 0 Å². The molecule has 5 nitrogen and oxygen atoms in total. The molecule has 0 amide bonds. The second-order valence-electron chi connectivity index (χ2n) is 5.79.